The van der Waals surface area contributed by atoms with Crippen molar-refractivity contribution >= 4 is 27.7 Å². The second-order valence-corrected chi connectivity index (χ2v) is 4.48. The van der Waals surface area contributed by atoms with E-state index in [0.717, 1.165) is 0 Å². The molecule has 7 nitrogen and oxygen atoms in total. The molecule has 0 aliphatic carbocycles. The van der Waals surface area contributed by atoms with E-state index >= 15 is 0 Å². The molecule has 0 spiro atoms. The topological polar surface area (TPSA) is 90.1 Å². The number of carbonyl (C=O) groups excluding carboxylic acids is 1. The number of aromatic nitrogens is 2. The Balaban J connectivity index is 2.01. The summed E-state index contributed by atoms with van der Waals surface area (Å²) in [6.45, 7) is 0.0557. The van der Waals surface area contributed by atoms with Crippen LogP contribution in [0.15, 0.2) is 41.0 Å². The molecule has 2 rings (SSSR count). The number of hydrogen-bond acceptors (Lipinski definition) is 4. The third-order valence-corrected chi connectivity index (χ3v) is 2.87. The molecule has 2 aromatic rings. The highest BCUT2D eigenvalue weighted by Gasteiger charge is 2.18. The summed E-state index contributed by atoms with van der Waals surface area (Å²) in [4.78, 5) is 21.8. The summed E-state index contributed by atoms with van der Waals surface area (Å²) >= 11 is 3.03. The molecule has 0 saturated carbocycles. The SMILES string of the molecule is O=C(NCn1cc(Br)c([N+](=O)[O-])n1)c1ccccc1. The molecule has 0 radical (unpaired) electrons. The van der Waals surface area contributed by atoms with E-state index in [1.54, 1.807) is 24.3 Å². The summed E-state index contributed by atoms with van der Waals surface area (Å²) in [6.07, 6.45) is 1.43. The summed E-state index contributed by atoms with van der Waals surface area (Å²) in [5.41, 5.74) is 0.517. The van der Waals surface area contributed by atoms with E-state index in [2.05, 4.69) is 26.3 Å². The minimum atomic E-state index is -0.598. The van der Waals surface area contributed by atoms with Crippen LogP contribution >= 0.6 is 15.9 Å². The van der Waals surface area contributed by atoms with E-state index in [1.165, 1.54) is 10.9 Å². The Labute approximate surface area is 116 Å². The molecule has 8 heteroatoms. The van der Waals surface area contributed by atoms with Crippen LogP contribution in [0.4, 0.5) is 5.82 Å². The molecule has 1 amide bonds. The lowest BCUT2D eigenvalue weighted by Crippen LogP contribution is -2.26. The van der Waals surface area contributed by atoms with Gasteiger partial charge in [-0.05, 0) is 33.0 Å². The van der Waals surface area contributed by atoms with Crippen molar-refractivity contribution in [2.75, 3.05) is 0 Å². The van der Waals surface area contributed by atoms with Gasteiger partial charge in [-0.2, -0.15) is 4.68 Å². The van der Waals surface area contributed by atoms with Gasteiger partial charge in [-0.25, -0.2) is 0 Å². The minimum Gasteiger partial charge on any atom is -0.358 e. The highest BCUT2D eigenvalue weighted by atomic mass is 79.9. The first kappa shape index (κ1) is 13.2. The number of rotatable bonds is 4. The number of carbonyl (C=O) groups is 1. The molecule has 0 bridgehead atoms. The molecule has 1 heterocycles. The van der Waals surface area contributed by atoms with Crippen LogP contribution in [0, 0.1) is 10.1 Å². The van der Waals surface area contributed by atoms with E-state index in [1.807, 2.05) is 6.07 Å². The monoisotopic (exact) mass is 324 g/mol. The summed E-state index contributed by atoms with van der Waals surface area (Å²) < 4.78 is 1.55. The molecule has 1 aromatic carbocycles. The van der Waals surface area contributed by atoms with Crippen molar-refractivity contribution in [1.82, 2.24) is 15.1 Å². The van der Waals surface area contributed by atoms with E-state index in [9.17, 15) is 14.9 Å². The normalized spacial score (nSPS) is 10.2. The van der Waals surface area contributed by atoms with E-state index < -0.39 is 4.92 Å². The second-order valence-electron chi connectivity index (χ2n) is 3.63. The average Bonchev–Trinajstić information content (AvgIpc) is 2.78. The lowest BCUT2D eigenvalue weighted by atomic mass is 10.2. The molecule has 0 aliphatic rings. The Kier molecular flexibility index (Phi) is 3.91. The van der Waals surface area contributed by atoms with Crippen LogP contribution in [0.2, 0.25) is 0 Å². The van der Waals surface area contributed by atoms with Gasteiger partial charge in [0.1, 0.15) is 11.1 Å². The van der Waals surface area contributed by atoms with Gasteiger partial charge in [-0.1, -0.05) is 18.2 Å². The Hall–Kier alpha value is -2.22. The summed E-state index contributed by atoms with van der Waals surface area (Å²) in [7, 11) is 0. The number of nitro groups is 1. The average molecular weight is 325 g/mol. The van der Waals surface area contributed by atoms with Crippen molar-refractivity contribution < 1.29 is 9.72 Å². The predicted molar refractivity (Wildman–Crippen MR) is 70.5 cm³/mol. The number of halogens is 1. The summed E-state index contributed by atoms with van der Waals surface area (Å²) in [6, 6.07) is 8.67. The predicted octanol–water partition coefficient (Wildman–Crippen LogP) is 1.94. The zero-order valence-corrected chi connectivity index (χ0v) is 11.2. The van der Waals surface area contributed by atoms with Gasteiger partial charge in [0, 0.05) is 5.56 Å². The Morgan fingerprint density at radius 3 is 2.68 bits per heavy atom. The third-order valence-electron chi connectivity index (χ3n) is 2.31. The first-order valence-corrected chi connectivity index (χ1v) is 6.08. The summed E-state index contributed by atoms with van der Waals surface area (Å²) in [5.74, 6) is -0.552. The van der Waals surface area contributed by atoms with Crippen molar-refractivity contribution in [3.8, 4) is 0 Å². The van der Waals surface area contributed by atoms with Crippen LogP contribution in [-0.4, -0.2) is 20.6 Å². The van der Waals surface area contributed by atoms with Gasteiger partial charge in [0.2, 0.25) is 0 Å². The first-order chi connectivity index (χ1) is 9.08. The van der Waals surface area contributed by atoms with E-state index in [4.69, 9.17) is 0 Å². The zero-order valence-electron chi connectivity index (χ0n) is 9.62. The molecule has 0 aliphatic heterocycles. The maximum Gasteiger partial charge on any atom is 0.404 e. The maximum atomic E-state index is 11.7. The minimum absolute atomic E-state index is 0.0557. The molecule has 1 N–H and O–H groups in total. The van der Waals surface area contributed by atoms with Crippen molar-refractivity contribution in [2.45, 2.75) is 6.67 Å². The smallest absolute Gasteiger partial charge is 0.358 e. The number of nitrogens with zero attached hydrogens (tertiary/aromatic N) is 3. The standard InChI is InChI=1S/C11H9BrN4O3/c12-9-6-15(14-10(9)16(18)19)7-13-11(17)8-4-2-1-3-5-8/h1-6H,7H2,(H,13,17). The highest BCUT2D eigenvalue weighted by Crippen LogP contribution is 2.21. The quantitative estimate of drug-likeness (QED) is 0.687. The number of hydrogen-bond donors (Lipinski definition) is 1. The van der Waals surface area contributed by atoms with Gasteiger partial charge in [-0.15, -0.1) is 0 Å². The molecule has 0 saturated heterocycles. The molecular formula is C11H9BrN4O3. The van der Waals surface area contributed by atoms with E-state index in [0.29, 0.717) is 5.56 Å². The highest BCUT2D eigenvalue weighted by molar-refractivity contribution is 9.10. The fraction of sp³-hybridized carbons (Fsp3) is 0.0909. The van der Waals surface area contributed by atoms with Crippen molar-refractivity contribution in [1.29, 1.82) is 0 Å². The molecular weight excluding hydrogens is 316 g/mol. The van der Waals surface area contributed by atoms with Crippen LogP contribution in [0.5, 0.6) is 0 Å². The van der Waals surface area contributed by atoms with Gasteiger partial charge < -0.3 is 15.4 Å². The molecule has 98 valence electrons. The van der Waals surface area contributed by atoms with Gasteiger partial charge in [-0.3, -0.25) is 4.79 Å². The summed E-state index contributed by atoms with van der Waals surface area (Å²) in [5, 5.41) is 17.0. The Bertz CT molecular complexity index is 612. The zero-order chi connectivity index (χ0) is 13.8. The van der Waals surface area contributed by atoms with Gasteiger partial charge in [0.25, 0.3) is 5.91 Å². The number of nitrogens with one attached hydrogen (secondary N) is 1. The maximum absolute atomic E-state index is 11.7. The van der Waals surface area contributed by atoms with E-state index in [-0.39, 0.29) is 22.9 Å². The molecule has 19 heavy (non-hydrogen) atoms. The third kappa shape index (κ3) is 3.16. The van der Waals surface area contributed by atoms with Crippen LogP contribution in [0.25, 0.3) is 0 Å². The molecule has 1 aromatic heterocycles. The van der Waals surface area contributed by atoms with Crippen LogP contribution < -0.4 is 5.32 Å². The van der Waals surface area contributed by atoms with Crippen LogP contribution in [0.1, 0.15) is 10.4 Å². The van der Waals surface area contributed by atoms with Gasteiger partial charge in [0.15, 0.2) is 0 Å². The molecule has 0 fully saturated rings. The van der Waals surface area contributed by atoms with Crippen LogP contribution in [-0.2, 0) is 6.67 Å². The fourth-order valence-corrected chi connectivity index (χ4v) is 1.90. The largest absolute Gasteiger partial charge is 0.404 e. The Morgan fingerprint density at radius 2 is 2.11 bits per heavy atom. The van der Waals surface area contributed by atoms with Gasteiger partial charge >= 0.3 is 5.82 Å². The molecule has 0 atom stereocenters. The number of amides is 1. The molecule has 0 unspecified atom stereocenters. The second kappa shape index (κ2) is 5.61. The Morgan fingerprint density at radius 1 is 1.42 bits per heavy atom. The number of benzene rings is 1. The first-order valence-electron chi connectivity index (χ1n) is 5.28. The van der Waals surface area contributed by atoms with Crippen LogP contribution in [0.3, 0.4) is 0 Å². The fourth-order valence-electron chi connectivity index (χ4n) is 1.44. The van der Waals surface area contributed by atoms with Crippen molar-refractivity contribution in [3.05, 3.63) is 56.7 Å². The van der Waals surface area contributed by atoms with Crippen molar-refractivity contribution in [3.63, 3.8) is 0 Å². The van der Waals surface area contributed by atoms with Crippen molar-refractivity contribution in [2.24, 2.45) is 0 Å². The lowest BCUT2D eigenvalue weighted by molar-refractivity contribution is -0.390. The van der Waals surface area contributed by atoms with Gasteiger partial charge in [0.05, 0.1) is 11.3 Å². The lowest BCUT2D eigenvalue weighted by Gasteiger charge is -2.02.